The number of rotatable bonds is 1. The van der Waals surface area contributed by atoms with Gasteiger partial charge in [0.15, 0.2) is 0 Å². The Morgan fingerprint density at radius 2 is 2.15 bits per heavy atom. The third-order valence-electron chi connectivity index (χ3n) is 2.04. The van der Waals surface area contributed by atoms with Gasteiger partial charge >= 0.3 is 12.0 Å². The number of carbonyl (C=O) groups is 2. The lowest BCUT2D eigenvalue weighted by molar-refractivity contribution is -0.141. The van der Waals surface area contributed by atoms with E-state index in [1.165, 1.54) is 7.05 Å². The second kappa shape index (κ2) is 3.61. The number of hydrogen-bond donors (Lipinski definition) is 3. The van der Waals surface area contributed by atoms with Gasteiger partial charge in [-0.2, -0.15) is 0 Å². The number of nitrogens with one attached hydrogen (secondary N) is 1. The van der Waals surface area contributed by atoms with Crippen molar-refractivity contribution in [2.45, 2.75) is 18.6 Å². The minimum Gasteiger partial charge on any atom is -0.480 e. The van der Waals surface area contributed by atoms with Crippen LogP contribution in [0.15, 0.2) is 0 Å². The average Bonchev–Trinajstić information content (AvgIpc) is 2.46. The van der Waals surface area contributed by atoms with Crippen molar-refractivity contribution in [2.24, 2.45) is 0 Å². The SMILES string of the molecule is CNC(=O)N1CC(O)C[C@H]1C(=O)O. The first-order valence-electron chi connectivity index (χ1n) is 3.95. The van der Waals surface area contributed by atoms with Crippen molar-refractivity contribution in [3.63, 3.8) is 0 Å². The molecule has 1 saturated heterocycles. The molecule has 1 aliphatic rings. The maximum atomic E-state index is 11.1. The maximum absolute atomic E-state index is 11.1. The molecule has 1 rings (SSSR count). The molecule has 2 atom stereocenters. The standard InChI is InChI=1S/C7H12N2O4/c1-8-7(13)9-3-4(10)2-5(9)6(11)12/h4-5,10H,2-3H2,1H3,(H,8,13)(H,11,12)/t4?,5-/m0/s1. The smallest absolute Gasteiger partial charge is 0.326 e. The molecule has 1 fully saturated rings. The number of urea groups is 1. The van der Waals surface area contributed by atoms with Gasteiger partial charge in [-0.05, 0) is 0 Å². The summed E-state index contributed by atoms with van der Waals surface area (Å²) < 4.78 is 0. The highest BCUT2D eigenvalue weighted by Crippen LogP contribution is 2.17. The Morgan fingerprint density at radius 3 is 2.62 bits per heavy atom. The number of carboxylic acids is 1. The van der Waals surface area contributed by atoms with Gasteiger partial charge in [0.05, 0.1) is 6.10 Å². The number of β-amino-alcohol motifs (C(OH)–C–C–N with tert-alkyl or cyclic N) is 1. The van der Waals surface area contributed by atoms with E-state index in [2.05, 4.69) is 5.32 Å². The fourth-order valence-electron chi connectivity index (χ4n) is 1.42. The number of aliphatic carboxylic acids is 1. The number of carboxylic acid groups (broad SMARTS) is 1. The third-order valence-corrected chi connectivity index (χ3v) is 2.04. The van der Waals surface area contributed by atoms with Gasteiger partial charge in [-0.1, -0.05) is 0 Å². The maximum Gasteiger partial charge on any atom is 0.326 e. The van der Waals surface area contributed by atoms with Gasteiger partial charge in [-0.15, -0.1) is 0 Å². The van der Waals surface area contributed by atoms with E-state index in [4.69, 9.17) is 5.11 Å². The Kier molecular flexibility index (Phi) is 2.72. The molecule has 0 saturated carbocycles. The van der Waals surface area contributed by atoms with Gasteiger partial charge in [0.1, 0.15) is 6.04 Å². The molecule has 0 radical (unpaired) electrons. The fraction of sp³-hybridized carbons (Fsp3) is 0.714. The number of carbonyl (C=O) groups excluding carboxylic acids is 1. The van der Waals surface area contributed by atoms with Crippen LogP contribution in [0.25, 0.3) is 0 Å². The highest BCUT2D eigenvalue weighted by molar-refractivity contribution is 5.83. The lowest BCUT2D eigenvalue weighted by Gasteiger charge is -2.19. The van der Waals surface area contributed by atoms with E-state index in [9.17, 15) is 14.7 Å². The highest BCUT2D eigenvalue weighted by Gasteiger charge is 2.38. The zero-order valence-electron chi connectivity index (χ0n) is 7.23. The molecule has 0 bridgehead atoms. The first-order valence-corrected chi connectivity index (χ1v) is 3.95. The summed E-state index contributed by atoms with van der Waals surface area (Å²) in [5.74, 6) is -1.08. The molecule has 6 nitrogen and oxygen atoms in total. The minimum absolute atomic E-state index is 0.0800. The monoisotopic (exact) mass is 188 g/mol. The molecule has 0 aromatic rings. The van der Waals surface area contributed by atoms with Crippen molar-refractivity contribution in [1.82, 2.24) is 10.2 Å². The van der Waals surface area contributed by atoms with Crippen LogP contribution in [0.2, 0.25) is 0 Å². The molecule has 0 spiro atoms. The second-order valence-corrected chi connectivity index (χ2v) is 2.95. The van der Waals surface area contributed by atoms with Crippen molar-refractivity contribution < 1.29 is 19.8 Å². The molecule has 1 unspecified atom stereocenters. The van der Waals surface area contributed by atoms with Crippen molar-refractivity contribution >= 4 is 12.0 Å². The number of hydrogen-bond acceptors (Lipinski definition) is 3. The van der Waals surface area contributed by atoms with E-state index < -0.39 is 24.1 Å². The summed E-state index contributed by atoms with van der Waals surface area (Å²) in [6.45, 7) is 0.0800. The summed E-state index contributed by atoms with van der Waals surface area (Å²) in [6, 6.07) is -1.38. The van der Waals surface area contributed by atoms with Crippen LogP contribution >= 0.6 is 0 Å². The molecule has 0 aromatic heterocycles. The van der Waals surface area contributed by atoms with Crippen molar-refractivity contribution in [2.75, 3.05) is 13.6 Å². The number of aliphatic hydroxyl groups excluding tert-OH is 1. The molecular formula is C7H12N2O4. The Morgan fingerprint density at radius 1 is 1.54 bits per heavy atom. The average molecular weight is 188 g/mol. The minimum atomic E-state index is -1.08. The number of amides is 2. The van der Waals surface area contributed by atoms with Crippen LogP contribution in [0.3, 0.4) is 0 Å². The summed E-state index contributed by atoms with van der Waals surface area (Å²) >= 11 is 0. The Hall–Kier alpha value is -1.30. The van der Waals surface area contributed by atoms with Crippen LogP contribution in [-0.4, -0.2) is 52.9 Å². The third kappa shape index (κ3) is 1.89. The summed E-state index contributed by atoms with van der Waals surface area (Å²) in [7, 11) is 1.42. The van der Waals surface area contributed by atoms with E-state index >= 15 is 0 Å². The molecule has 3 N–H and O–H groups in total. The van der Waals surface area contributed by atoms with E-state index in [1.54, 1.807) is 0 Å². The predicted molar refractivity (Wildman–Crippen MR) is 43.2 cm³/mol. The Balaban J connectivity index is 2.71. The van der Waals surface area contributed by atoms with Crippen LogP contribution in [0, 0.1) is 0 Å². The summed E-state index contributed by atoms with van der Waals surface area (Å²) in [4.78, 5) is 22.9. The quantitative estimate of drug-likeness (QED) is 0.484. The van der Waals surface area contributed by atoms with Crippen molar-refractivity contribution in [3.8, 4) is 0 Å². The molecular weight excluding hydrogens is 176 g/mol. The van der Waals surface area contributed by atoms with Gasteiger partial charge in [0, 0.05) is 20.0 Å². The van der Waals surface area contributed by atoms with Gasteiger partial charge in [0.2, 0.25) is 0 Å². The topological polar surface area (TPSA) is 89.9 Å². The molecule has 13 heavy (non-hydrogen) atoms. The van der Waals surface area contributed by atoms with Crippen LogP contribution in [0.1, 0.15) is 6.42 Å². The Labute approximate surface area is 75.1 Å². The first-order chi connectivity index (χ1) is 6.06. The van der Waals surface area contributed by atoms with Gasteiger partial charge in [0.25, 0.3) is 0 Å². The van der Waals surface area contributed by atoms with Crippen molar-refractivity contribution in [3.05, 3.63) is 0 Å². The number of nitrogens with zero attached hydrogens (tertiary/aromatic N) is 1. The lowest BCUT2D eigenvalue weighted by Crippen LogP contribution is -2.44. The van der Waals surface area contributed by atoms with E-state index in [-0.39, 0.29) is 13.0 Å². The van der Waals surface area contributed by atoms with E-state index in [0.717, 1.165) is 4.90 Å². The largest absolute Gasteiger partial charge is 0.480 e. The van der Waals surface area contributed by atoms with Gasteiger partial charge < -0.3 is 20.4 Å². The summed E-state index contributed by atoms with van der Waals surface area (Å²) in [5.41, 5.74) is 0. The fourth-order valence-corrected chi connectivity index (χ4v) is 1.42. The molecule has 0 aliphatic carbocycles. The number of aliphatic hydroxyl groups is 1. The first kappa shape index (κ1) is 9.79. The van der Waals surface area contributed by atoms with Crippen LogP contribution in [-0.2, 0) is 4.79 Å². The van der Waals surface area contributed by atoms with Crippen LogP contribution in [0.4, 0.5) is 4.79 Å². The highest BCUT2D eigenvalue weighted by atomic mass is 16.4. The molecule has 6 heteroatoms. The van der Waals surface area contributed by atoms with E-state index in [1.807, 2.05) is 0 Å². The van der Waals surface area contributed by atoms with E-state index in [0.29, 0.717) is 0 Å². The van der Waals surface area contributed by atoms with Crippen LogP contribution < -0.4 is 5.32 Å². The molecule has 1 heterocycles. The van der Waals surface area contributed by atoms with Gasteiger partial charge in [-0.3, -0.25) is 0 Å². The molecule has 2 amide bonds. The molecule has 0 aromatic carbocycles. The zero-order chi connectivity index (χ0) is 10.0. The predicted octanol–water partition coefficient (Wildman–Crippen LogP) is -1.15. The number of likely N-dealkylation sites (tertiary alicyclic amines) is 1. The molecule has 1 aliphatic heterocycles. The zero-order valence-corrected chi connectivity index (χ0v) is 7.23. The van der Waals surface area contributed by atoms with Crippen molar-refractivity contribution in [1.29, 1.82) is 0 Å². The molecule has 74 valence electrons. The summed E-state index contributed by atoms with van der Waals surface area (Å²) in [5, 5.41) is 20.2. The second-order valence-electron chi connectivity index (χ2n) is 2.95. The summed E-state index contributed by atoms with van der Waals surface area (Å²) in [6.07, 6.45) is -0.638. The lowest BCUT2D eigenvalue weighted by atomic mass is 10.2. The normalized spacial score (nSPS) is 27.4. The van der Waals surface area contributed by atoms with Crippen LogP contribution in [0.5, 0.6) is 0 Å². The van der Waals surface area contributed by atoms with Gasteiger partial charge in [-0.25, -0.2) is 9.59 Å². The Bertz CT molecular complexity index is 231.